The highest BCUT2D eigenvalue weighted by atomic mass is 15.3. The molecule has 0 atom stereocenters. The molecular formula is C13H18N4. The molecule has 0 radical (unpaired) electrons. The summed E-state index contributed by atoms with van der Waals surface area (Å²) < 4.78 is 1.80. The van der Waals surface area contributed by atoms with E-state index < -0.39 is 0 Å². The van der Waals surface area contributed by atoms with Crippen LogP contribution in [0.25, 0.3) is 5.82 Å². The molecule has 0 bridgehead atoms. The average Bonchev–Trinajstić information content (AvgIpc) is 2.77. The lowest BCUT2D eigenvalue weighted by Crippen LogP contribution is -2.14. The summed E-state index contributed by atoms with van der Waals surface area (Å²) in [6.07, 6.45) is 6.79. The largest absolute Gasteiger partial charge is 0.313 e. The van der Waals surface area contributed by atoms with Gasteiger partial charge in [0, 0.05) is 18.9 Å². The van der Waals surface area contributed by atoms with E-state index in [1.54, 1.807) is 4.68 Å². The van der Waals surface area contributed by atoms with Crippen molar-refractivity contribution in [2.45, 2.75) is 26.8 Å². The Labute approximate surface area is 102 Å². The number of pyridine rings is 1. The average molecular weight is 230 g/mol. The van der Waals surface area contributed by atoms with Crippen LogP contribution < -0.4 is 5.32 Å². The van der Waals surface area contributed by atoms with Crippen molar-refractivity contribution < 1.29 is 0 Å². The van der Waals surface area contributed by atoms with Crippen LogP contribution in [0.2, 0.25) is 0 Å². The molecule has 0 aliphatic rings. The third kappa shape index (κ3) is 3.14. The van der Waals surface area contributed by atoms with Gasteiger partial charge in [0.25, 0.3) is 0 Å². The van der Waals surface area contributed by atoms with Gasteiger partial charge in [-0.25, -0.2) is 9.67 Å². The number of nitrogens with zero attached hydrogens (tertiary/aromatic N) is 3. The molecule has 0 fully saturated rings. The number of aryl methyl sites for hydroxylation is 1. The highest BCUT2D eigenvalue weighted by Crippen LogP contribution is 2.07. The third-order valence-electron chi connectivity index (χ3n) is 2.51. The van der Waals surface area contributed by atoms with Gasteiger partial charge in [0.2, 0.25) is 0 Å². The van der Waals surface area contributed by atoms with Gasteiger partial charge >= 0.3 is 0 Å². The van der Waals surface area contributed by atoms with Crippen LogP contribution in [-0.4, -0.2) is 21.3 Å². The maximum atomic E-state index is 4.32. The molecule has 0 amide bonds. The van der Waals surface area contributed by atoms with Gasteiger partial charge in [-0.2, -0.15) is 5.10 Å². The molecule has 0 unspecified atom stereocenters. The van der Waals surface area contributed by atoms with Crippen molar-refractivity contribution in [2.24, 2.45) is 0 Å². The van der Waals surface area contributed by atoms with Gasteiger partial charge in [-0.05, 0) is 43.1 Å². The van der Waals surface area contributed by atoms with E-state index in [1.807, 2.05) is 31.6 Å². The Morgan fingerprint density at radius 2 is 2.29 bits per heavy atom. The minimum Gasteiger partial charge on any atom is -0.313 e. The number of nitrogens with one attached hydrogen (secondary N) is 1. The van der Waals surface area contributed by atoms with Crippen LogP contribution in [0, 0.1) is 6.92 Å². The van der Waals surface area contributed by atoms with E-state index in [0.29, 0.717) is 0 Å². The van der Waals surface area contributed by atoms with Crippen LogP contribution in [0.4, 0.5) is 0 Å². The standard InChI is InChI=1S/C13H18N4/c1-3-5-14-9-12-4-6-15-13(7-12)17-10-11(2)8-16-17/h4,6-8,10,14H,3,5,9H2,1-2H3. The summed E-state index contributed by atoms with van der Waals surface area (Å²) in [7, 11) is 0. The van der Waals surface area contributed by atoms with Crippen LogP contribution in [0.1, 0.15) is 24.5 Å². The number of aromatic nitrogens is 3. The summed E-state index contributed by atoms with van der Waals surface area (Å²) in [6, 6.07) is 4.09. The smallest absolute Gasteiger partial charge is 0.153 e. The fraction of sp³-hybridized carbons (Fsp3) is 0.385. The van der Waals surface area contributed by atoms with Gasteiger partial charge in [-0.1, -0.05) is 6.92 Å². The number of rotatable bonds is 5. The number of hydrogen-bond donors (Lipinski definition) is 1. The van der Waals surface area contributed by atoms with Crippen molar-refractivity contribution >= 4 is 0 Å². The first-order chi connectivity index (χ1) is 8.29. The molecule has 2 aromatic rings. The minimum atomic E-state index is 0.869. The van der Waals surface area contributed by atoms with Crippen molar-refractivity contribution in [2.75, 3.05) is 6.54 Å². The van der Waals surface area contributed by atoms with Crippen molar-refractivity contribution in [3.63, 3.8) is 0 Å². The van der Waals surface area contributed by atoms with E-state index in [0.717, 1.165) is 30.9 Å². The van der Waals surface area contributed by atoms with Crippen LogP contribution in [0.3, 0.4) is 0 Å². The molecule has 0 aliphatic heterocycles. The van der Waals surface area contributed by atoms with Gasteiger partial charge in [-0.15, -0.1) is 0 Å². The number of hydrogen-bond acceptors (Lipinski definition) is 3. The van der Waals surface area contributed by atoms with E-state index in [1.165, 1.54) is 5.56 Å². The highest BCUT2D eigenvalue weighted by molar-refractivity contribution is 5.27. The second-order valence-electron chi connectivity index (χ2n) is 4.16. The zero-order valence-electron chi connectivity index (χ0n) is 10.3. The summed E-state index contributed by atoms with van der Waals surface area (Å²) in [5.74, 6) is 0.869. The van der Waals surface area contributed by atoms with Crippen LogP contribution >= 0.6 is 0 Å². The lowest BCUT2D eigenvalue weighted by atomic mass is 10.2. The van der Waals surface area contributed by atoms with E-state index in [2.05, 4.69) is 28.4 Å². The van der Waals surface area contributed by atoms with Crippen molar-refractivity contribution in [1.29, 1.82) is 0 Å². The van der Waals surface area contributed by atoms with Crippen molar-refractivity contribution in [3.05, 3.63) is 41.9 Å². The Morgan fingerprint density at radius 3 is 3.00 bits per heavy atom. The Kier molecular flexibility index (Phi) is 3.88. The second kappa shape index (κ2) is 5.59. The van der Waals surface area contributed by atoms with E-state index >= 15 is 0 Å². The van der Waals surface area contributed by atoms with Crippen LogP contribution in [-0.2, 0) is 6.54 Å². The molecule has 0 saturated heterocycles. The molecule has 1 N–H and O–H groups in total. The molecule has 17 heavy (non-hydrogen) atoms. The van der Waals surface area contributed by atoms with Crippen molar-refractivity contribution in [3.8, 4) is 5.82 Å². The Morgan fingerprint density at radius 1 is 1.41 bits per heavy atom. The third-order valence-corrected chi connectivity index (χ3v) is 2.51. The first kappa shape index (κ1) is 11.8. The molecular weight excluding hydrogens is 212 g/mol. The summed E-state index contributed by atoms with van der Waals surface area (Å²) >= 11 is 0. The first-order valence-electron chi connectivity index (χ1n) is 5.97. The fourth-order valence-electron chi connectivity index (χ4n) is 1.64. The summed E-state index contributed by atoms with van der Waals surface area (Å²) in [6.45, 7) is 6.11. The second-order valence-corrected chi connectivity index (χ2v) is 4.16. The minimum absolute atomic E-state index is 0.869. The summed E-state index contributed by atoms with van der Waals surface area (Å²) in [4.78, 5) is 4.32. The molecule has 0 spiro atoms. The lowest BCUT2D eigenvalue weighted by molar-refractivity contribution is 0.673. The Balaban J connectivity index is 2.11. The van der Waals surface area contributed by atoms with E-state index in [9.17, 15) is 0 Å². The van der Waals surface area contributed by atoms with Gasteiger partial charge in [0.15, 0.2) is 5.82 Å². The monoisotopic (exact) mass is 230 g/mol. The zero-order chi connectivity index (χ0) is 12.1. The molecule has 4 heteroatoms. The molecule has 0 saturated carbocycles. The van der Waals surface area contributed by atoms with E-state index in [4.69, 9.17) is 0 Å². The van der Waals surface area contributed by atoms with Gasteiger partial charge < -0.3 is 5.32 Å². The Hall–Kier alpha value is -1.68. The van der Waals surface area contributed by atoms with Gasteiger partial charge in [-0.3, -0.25) is 0 Å². The Bertz CT molecular complexity index is 476. The maximum Gasteiger partial charge on any atom is 0.153 e. The fourth-order valence-corrected chi connectivity index (χ4v) is 1.64. The molecule has 0 aromatic carbocycles. The van der Waals surface area contributed by atoms with Gasteiger partial charge in [0.1, 0.15) is 0 Å². The summed E-state index contributed by atoms with van der Waals surface area (Å²) in [5.41, 5.74) is 2.37. The van der Waals surface area contributed by atoms with Crippen LogP contribution in [0.15, 0.2) is 30.7 Å². The molecule has 2 rings (SSSR count). The predicted octanol–water partition coefficient (Wildman–Crippen LogP) is 2.08. The lowest BCUT2D eigenvalue weighted by Gasteiger charge is -2.05. The highest BCUT2D eigenvalue weighted by Gasteiger charge is 2.01. The predicted molar refractivity (Wildman–Crippen MR) is 68.1 cm³/mol. The molecule has 0 aliphatic carbocycles. The van der Waals surface area contributed by atoms with Crippen molar-refractivity contribution in [1.82, 2.24) is 20.1 Å². The zero-order valence-corrected chi connectivity index (χ0v) is 10.3. The first-order valence-corrected chi connectivity index (χ1v) is 5.97. The normalized spacial score (nSPS) is 10.7. The summed E-state index contributed by atoms with van der Waals surface area (Å²) in [5, 5.41) is 7.64. The van der Waals surface area contributed by atoms with E-state index in [-0.39, 0.29) is 0 Å². The molecule has 2 heterocycles. The quantitative estimate of drug-likeness (QED) is 0.800. The van der Waals surface area contributed by atoms with Gasteiger partial charge in [0.05, 0.1) is 6.20 Å². The molecule has 2 aromatic heterocycles. The van der Waals surface area contributed by atoms with Crippen LogP contribution in [0.5, 0.6) is 0 Å². The maximum absolute atomic E-state index is 4.32. The SMILES string of the molecule is CCCNCc1ccnc(-n2cc(C)cn2)c1. The molecule has 4 nitrogen and oxygen atoms in total. The molecule has 90 valence electrons. The topological polar surface area (TPSA) is 42.7 Å².